The van der Waals surface area contributed by atoms with Crippen molar-refractivity contribution in [3.8, 4) is 0 Å². The van der Waals surface area contributed by atoms with Crippen molar-refractivity contribution in [3.63, 3.8) is 0 Å². The zero-order valence-electron chi connectivity index (χ0n) is 8.14. The summed E-state index contributed by atoms with van der Waals surface area (Å²) in [7, 11) is 0. The van der Waals surface area contributed by atoms with E-state index in [2.05, 4.69) is 15.3 Å². The van der Waals surface area contributed by atoms with Gasteiger partial charge < -0.3 is 10.4 Å². The second-order valence-electron chi connectivity index (χ2n) is 2.61. The average Bonchev–Trinajstić information content (AvgIpc) is 2.16. The van der Waals surface area contributed by atoms with Crippen molar-refractivity contribution < 1.29 is 14.7 Å². The van der Waals surface area contributed by atoms with Gasteiger partial charge in [0, 0.05) is 13.1 Å². The van der Waals surface area contributed by atoms with E-state index in [-0.39, 0.29) is 17.3 Å². The third-order valence-corrected chi connectivity index (χ3v) is 2.04. The number of rotatable bonds is 3. The highest BCUT2D eigenvalue weighted by Gasteiger charge is 2.14. The zero-order valence-corrected chi connectivity index (χ0v) is 8.96. The normalized spacial score (nSPS) is 9.73. The molecule has 0 unspecified atom stereocenters. The van der Waals surface area contributed by atoms with Crippen molar-refractivity contribution in [2.75, 3.05) is 11.6 Å². The minimum Gasteiger partial charge on any atom is -0.477 e. The van der Waals surface area contributed by atoms with Gasteiger partial charge in [0.25, 0.3) is 0 Å². The Morgan fingerprint density at radius 2 is 2.20 bits per heavy atom. The van der Waals surface area contributed by atoms with Gasteiger partial charge in [0.2, 0.25) is 5.91 Å². The summed E-state index contributed by atoms with van der Waals surface area (Å²) in [4.78, 5) is 29.3. The summed E-state index contributed by atoms with van der Waals surface area (Å²) in [6.07, 6.45) is 2.93. The number of hydrogen-bond donors (Lipinski definition) is 2. The van der Waals surface area contributed by atoms with Crippen LogP contribution in [0.5, 0.6) is 0 Å². The van der Waals surface area contributed by atoms with E-state index in [0.717, 1.165) is 0 Å². The molecule has 0 fully saturated rings. The first-order chi connectivity index (χ1) is 7.04. The van der Waals surface area contributed by atoms with Gasteiger partial charge in [-0.3, -0.25) is 4.79 Å². The Balaban J connectivity index is 3.16. The number of thioether (sulfide) groups is 1. The number of hydrogen-bond acceptors (Lipinski definition) is 5. The standard InChI is InChI=1S/C8H9N3O3S/c1-4(12)10-6-5(7(13)14)3-9-8(11-6)15-2/h3H,1-2H3,(H,13,14)(H,9,10,11,12). The predicted molar refractivity (Wildman–Crippen MR) is 55.1 cm³/mol. The second kappa shape index (κ2) is 4.74. The van der Waals surface area contributed by atoms with Gasteiger partial charge in [-0.1, -0.05) is 11.8 Å². The molecular weight excluding hydrogens is 218 g/mol. The van der Waals surface area contributed by atoms with Crippen molar-refractivity contribution in [2.24, 2.45) is 0 Å². The molecule has 0 aliphatic rings. The minimum absolute atomic E-state index is 0.0225. The highest BCUT2D eigenvalue weighted by molar-refractivity contribution is 7.98. The lowest BCUT2D eigenvalue weighted by Gasteiger charge is -2.05. The van der Waals surface area contributed by atoms with Gasteiger partial charge in [0.1, 0.15) is 5.56 Å². The minimum atomic E-state index is -1.17. The fraction of sp³-hybridized carbons (Fsp3) is 0.250. The molecule has 0 bridgehead atoms. The molecule has 0 radical (unpaired) electrons. The summed E-state index contributed by atoms with van der Waals surface area (Å²) in [6.45, 7) is 1.28. The van der Waals surface area contributed by atoms with Crippen LogP contribution in [0.1, 0.15) is 17.3 Å². The highest BCUT2D eigenvalue weighted by Crippen LogP contribution is 2.16. The largest absolute Gasteiger partial charge is 0.477 e. The Labute approximate surface area is 90.1 Å². The van der Waals surface area contributed by atoms with Crippen molar-refractivity contribution in [1.82, 2.24) is 9.97 Å². The molecule has 15 heavy (non-hydrogen) atoms. The first kappa shape index (κ1) is 11.4. The maximum absolute atomic E-state index is 10.8. The Morgan fingerprint density at radius 3 is 2.67 bits per heavy atom. The monoisotopic (exact) mass is 227 g/mol. The lowest BCUT2D eigenvalue weighted by Crippen LogP contribution is -2.13. The topological polar surface area (TPSA) is 92.2 Å². The molecule has 1 amide bonds. The van der Waals surface area contributed by atoms with Gasteiger partial charge in [-0.05, 0) is 6.26 Å². The summed E-state index contributed by atoms with van der Waals surface area (Å²) in [6, 6.07) is 0. The first-order valence-electron chi connectivity index (χ1n) is 3.96. The summed E-state index contributed by atoms with van der Waals surface area (Å²) < 4.78 is 0. The van der Waals surface area contributed by atoms with Crippen molar-refractivity contribution in [1.29, 1.82) is 0 Å². The van der Waals surface area contributed by atoms with Gasteiger partial charge >= 0.3 is 5.97 Å². The number of carboxylic acids is 1. The molecule has 7 heteroatoms. The summed E-state index contributed by atoms with van der Waals surface area (Å²) in [5.41, 5.74) is -0.122. The number of carbonyl (C=O) groups is 2. The molecule has 1 rings (SSSR count). The number of nitrogens with zero attached hydrogens (tertiary/aromatic N) is 2. The fourth-order valence-corrected chi connectivity index (χ4v) is 1.22. The third-order valence-electron chi connectivity index (χ3n) is 1.47. The van der Waals surface area contributed by atoms with E-state index < -0.39 is 5.97 Å². The van der Waals surface area contributed by atoms with Crippen LogP contribution in [-0.4, -0.2) is 33.2 Å². The SMILES string of the molecule is CSc1ncc(C(=O)O)c(NC(C)=O)n1. The van der Waals surface area contributed by atoms with E-state index in [9.17, 15) is 9.59 Å². The molecule has 0 aromatic carbocycles. The van der Waals surface area contributed by atoms with E-state index in [0.29, 0.717) is 5.16 Å². The zero-order chi connectivity index (χ0) is 11.4. The van der Waals surface area contributed by atoms with Crippen LogP contribution in [0.3, 0.4) is 0 Å². The number of aromatic nitrogens is 2. The molecular formula is C8H9N3O3S. The summed E-state index contributed by atoms with van der Waals surface area (Å²) in [5, 5.41) is 11.6. The van der Waals surface area contributed by atoms with Gasteiger partial charge in [0.05, 0.1) is 0 Å². The Bertz CT molecular complexity index is 408. The first-order valence-corrected chi connectivity index (χ1v) is 5.19. The van der Waals surface area contributed by atoms with Gasteiger partial charge in [-0.2, -0.15) is 0 Å². The molecule has 6 nitrogen and oxygen atoms in total. The Hall–Kier alpha value is -1.63. The second-order valence-corrected chi connectivity index (χ2v) is 3.38. The quantitative estimate of drug-likeness (QED) is 0.587. The molecule has 0 atom stereocenters. The highest BCUT2D eigenvalue weighted by atomic mass is 32.2. The van der Waals surface area contributed by atoms with Crippen LogP contribution in [-0.2, 0) is 4.79 Å². The molecule has 1 heterocycles. The van der Waals surface area contributed by atoms with Crippen LogP contribution in [0.15, 0.2) is 11.4 Å². The number of amides is 1. The molecule has 0 saturated heterocycles. The predicted octanol–water partition coefficient (Wildman–Crippen LogP) is 0.855. The maximum Gasteiger partial charge on any atom is 0.341 e. The summed E-state index contributed by atoms with van der Waals surface area (Å²) >= 11 is 1.26. The fourth-order valence-electron chi connectivity index (χ4n) is 0.883. The molecule has 0 saturated carbocycles. The molecule has 1 aromatic rings. The van der Waals surface area contributed by atoms with Crippen LogP contribution in [0, 0.1) is 0 Å². The van der Waals surface area contributed by atoms with Crippen molar-refractivity contribution in [2.45, 2.75) is 12.1 Å². The average molecular weight is 227 g/mol. The smallest absolute Gasteiger partial charge is 0.341 e. The van der Waals surface area contributed by atoms with Crippen LogP contribution in [0.25, 0.3) is 0 Å². The molecule has 0 spiro atoms. The number of aromatic carboxylic acids is 1. The van der Waals surface area contributed by atoms with Crippen molar-refractivity contribution >= 4 is 29.5 Å². The number of carboxylic acid groups (broad SMARTS) is 1. The van der Waals surface area contributed by atoms with E-state index in [4.69, 9.17) is 5.11 Å². The van der Waals surface area contributed by atoms with Crippen LogP contribution < -0.4 is 5.32 Å². The number of carbonyl (C=O) groups excluding carboxylic acids is 1. The van der Waals surface area contributed by atoms with Crippen LogP contribution in [0.4, 0.5) is 5.82 Å². The van der Waals surface area contributed by atoms with Crippen molar-refractivity contribution in [3.05, 3.63) is 11.8 Å². The van der Waals surface area contributed by atoms with Crippen LogP contribution >= 0.6 is 11.8 Å². The van der Waals surface area contributed by atoms with E-state index in [1.807, 2.05) is 0 Å². The third kappa shape index (κ3) is 2.91. The molecule has 0 aliphatic carbocycles. The van der Waals surface area contributed by atoms with Crippen LogP contribution in [0.2, 0.25) is 0 Å². The lowest BCUT2D eigenvalue weighted by molar-refractivity contribution is -0.114. The van der Waals surface area contributed by atoms with Gasteiger partial charge in [-0.25, -0.2) is 14.8 Å². The van der Waals surface area contributed by atoms with Gasteiger partial charge in [-0.15, -0.1) is 0 Å². The van der Waals surface area contributed by atoms with E-state index >= 15 is 0 Å². The lowest BCUT2D eigenvalue weighted by atomic mass is 10.3. The van der Waals surface area contributed by atoms with Gasteiger partial charge in [0.15, 0.2) is 11.0 Å². The number of nitrogens with one attached hydrogen (secondary N) is 1. The Morgan fingerprint density at radius 1 is 1.53 bits per heavy atom. The Kier molecular flexibility index (Phi) is 3.62. The number of anilines is 1. The van der Waals surface area contributed by atoms with E-state index in [1.54, 1.807) is 6.26 Å². The molecule has 80 valence electrons. The summed E-state index contributed by atoms with van der Waals surface area (Å²) in [5.74, 6) is -1.52. The molecule has 2 N–H and O–H groups in total. The van der Waals surface area contributed by atoms with E-state index in [1.165, 1.54) is 24.9 Å². The molecule has 0 aliphatic heterocycles. The molecule has 1 aromatic heterocycles. The maximum atomic E-state index is 10.8.